The number of amides is 2. The number of alkyl halides is 3. The molecule has 0 heterocycles. The number of nitrogens with zero attached hydrogens (tertiary/aromatic N) is 1. The number of benzene rings is 2. The van der Waals surface area contributed by atoms with Gasteiger partial charge in [-0.05, 0) is 55.0 Å². The lowest BCUT2D eigenvalue weighted by Crippen LogP contribution is -2.32. The average Bonchev–Trinajstić information content (AvgIpc) is 2.56. The second-order valence-electron chi connectivity index (χ2n) is 5.97. The van der Waals surface area contributed by atoms with E-state index in [4.69, 9.17) is 11.6 Å². The zero-order valence-corrected chi connectivity index (χ0v) is 15.5. The van der Waals surface area contributed by atoms with Crippen molar-refractivity contribution in [3.63, 3.8) is 0 Å². The van der Waals surface area contributed by atoms with Crippen molar-refractivity contribution in [2.24, 2.45) is 0 Å². The first-order valence-electron chi connectivity index (χ1n) is 8.09. The molecule has 2 amide bonds. The molecule has 0 fully saturated rings. The standard InChI is InChI=1S/C19H18ClF3N2O2/c1-12-11-15(20)5-8-17(12)25(13(2)26)10-9-18(27)24-16-6-3-14(4-7-16)19(21,22)23/h3-8,11H,9-10H2,1-2H3,(H,24,27). The maximum Gasteiger partial charge on any atom is 0.416 e. The Morgan fingerprint density at radius 2 is 1.74 bits per heavy atom. The molecule has 27 heavy (non-hydrogen) atoms. The van der Waals surface area contributed by atoms with Crippen molar-refractivity contribution in [2.45, 2.75) is 26.4 Å². The lowest BCUT2D eigenvalue weighted by Gasteiger charge is -2.23. The van der Waals surface area contributed by atoms with Crippen LogP contribution >= 0.6 is 11.6 Å². The molecule has 0 saturated carbocycles. The minimum atomic E-state index is -4.43. The zero-order chi connectivity index (χ0) is 20.2. The molecule has 2 rings (SSSR count). The number of hydrogen-bond donors (Lipinski definition) is 1. The lowest BCUT2D eigenvalue weighted by molar-refractivity contribution is -0.137. The Morgan fingerprint density at radius 1 is 1.11 bits per heavy atom. The van der Waals surface area contributed by atoms with Gasteiger partial charge in [0, 0.05) is 36.3 Å². The Balaban J connectivity index is 2.01. The van der Waals surface area contributed by atoms with Crippen molar-refractivity contribution >= 4 is 34.8 Å². The Bertz CT molecular complexity index is 836. The van der Waals surface area contributed by atoms with Gasteiger partial charge in [-0.25, -0.2) is 0 Å². The molecular weight excluding hydrogens is 381 g/mol. The van der Waals surface area contributed by atoms with Crippen LogP contribution in [0.15, 0.2) is 42.5 Å². The van der Waals surface area contributed by atoms with E-state index in [1.165, 1.54) is 24.0 Å². The van der Waals surface area contributed by atoms with Gasteiger partial charge in [0.2, 0.25) is 11.8 Å². The van der Waals surface area contributed by atoms with Crippen LogP contribution < -0.4 is 10.2 Å². The summed E-state index contributed by atoms with van der Waals surface area (Å²) in [5.41, 5.74) is 0.904. The Kier molecular flexibility index (Phi) is 6.49. The van der Waals surface area contributed by atoms with Crippen LogP contribution in [0.1, 0.15) is 24.5 Å². The summed E-state index contributed by atoms with van der Waals surface area (Å²) in [5.74, 6) is -0.643. The fraction of sp³-hybridized carbons (Fsp3) is 0.263. The smallest absolute Gasteiger partial charge is 0.326 e. The van der Waals surface area contributed by atoms with Crippen LogP contribution in [-0.4, -0.2) is 18.4 Å². The molecule has 0 atom stereocenters. The molecule has 8 heteroatoms. The van der Waals surface area contributed by atoms with Gasteiger partial charge in [0.25, 0.3) is 0 Å². The third kappa shape index (κ3) is 5.72. The van der Waals surface area contributed by atoms with Gasteiger partial charge in [-0.2, -0.15) is 13.2 Å². The quantitative estimate of drug-likeness (QED) is 0.766. The molecule has 4 nitrogen and oxygen atoms in total. The highest BCUT2D eigenvalue weighted by Crippen LogP contribution is 2.30. The summed E-state index contributed by atoms with van der Waals surface area (Å²) in [6.07, 6.45) is -4.44. The SMILES string of the molecule is CC(=O)N(CCC(=O)Nc1ccc(C(F)(F)F)cc1)c1ccc(Cl)cc1C. The number of hydrogen-bond acceptors (Lipinski definition) is 2. The molecule has 0 aliphatic carbocycles. The number of carbonyl (C=O) groups is 2. The summed E-state index contributed by atoms with van der Waals surface area (Å²) in [7, 11) is 0. The topological polar surface area (TPSA) is 49.4 Å². The summed E-state index contributed by atoms with van der Waals surface area (Å²) in [6.45, 7) is 3.32. The molecule has 144 valence electrons. The largest absolute Gasteiger partial charge is 0.416 e. The predicted molar refractivity (Wildman–Crippen MR) is 98.9 cm³/mol. The van der Waals surface area contributed by atoms with Crippen LogP contribution in [0.2, 0.25) is 5.02 Å². The third-order valence-electron chi connectivity index (χ3n) is 3.89. The first-order chi connectivity index (χ1) is 12.6. The van der Waals surface area contributed by atoms with Crippen LogP contribution in [0.5, 0.6) is 0 Å². The van der Waals surface area contributed by atoms with E-state index in [1.54, 1.807) is 25.1 Å². The van der Waals surface area contributed by atoms with Crippen molar-refractivity contribution in [3.05, 3.63) is 58.6 Å². The Hall–Kier alpha value is -2.54. The Labute approximate surface area is 159 Å². The summed E-state index contributed by atoms with van der Waals surface area (Å²) < 4.78 is 37.7. The molecule has 0 bridgehead atoms. The van der Waals surface area contributed by atoms with Crippen molar-refractivity contribution in [1.29, 1.82) is 0 Å². The van der Waals surface area contributed by atoms with E-state index in [0.717, 1.165) is 17.7 Å². The molecular formula is C19H18ClF3N2O2. The molecule has 0 saturated heterocycles. The number of rotatable bonds is 5. The molecule has 0 aromatic heterocycles. The van der Waals surface area contributed by atoms with Gasteiger partial charge in [-0.1, -0.05) is 11.6 Å². The number of carbonyl (C=O) groups excluding carboxylic acids is 2. The number of halogens is 4. The zero-order valence-electron chi connectivity index (χ0n) is 14.7. The first-order valence-corrected chi connectivity index (χ1v) is 8.47. The third-order valence-corrected chi connectivity index (χ3v) is 4.12. The van der Waals surface area contributed by atoms with E-state index in [9.17, 15) is 22.8 Å². The minimum absolute atomic E-state index is 0.0112. The molecule has 0 spiro atoms. The van der Waals surface area contributed by atoms with E-state index in [1.807, 2.05) is 0 Å². The van der Waals surface area contributed by atoms with Gasteiger partial charge in [0.1, 0.15) is 0 Å². The van der Waals surface area contributed by atoms with E-state index in [-0.39, 0.29) is 24.6 Å². The molecule has 2 aromatic carbocycles. The normalized spacial score (nSPS) is 11.2. The molecule has 0 radical (unpaired) electrons. The van der Waals surface area contributed by atoms with Crippen molar-refractivity contribution < 1.29 is 22.8 Å². The lowest BCUT2D eigenvalue weighted by atomic mass is 10.1. The van der Waals surface area contributed by atoms with Gasteiger partial charge in [0.05, 0.1) is 5.56 Å². The summed E-state index contributed by atoms with van der Waals surface area (Å²) in [5, 5.41) is 3.07. The maximum atomic E-state index is 12.6. The van der Waals surface area contributed by atoms with Crippen LogP contribution in [0.25, 0.3) is 0 Å². The average molecular weight is 399 g/mol. The van der Waals surface area contributed by atoms with Gasteiger partial charge in [-0.3, -0.25) is 9.59 Å². The molecule has 2 aromatic rings. The second kappa shape index (κ2) is 8.43. The van der Waals surface area contributed by atoms with Gasteiger partial charge in [0.15, 0.2) is 0 Å². The van der Waals surface area contributed by atoms with Crippen LogP contribution in [0.3, 0.4) is 0 Å². The number of nitrogens with one attached hydrogen (secondary N) is 1. The van der Waals surface area contributed by atoms with E-state index in [2.05, 4.69) is 5.32 Å². The van der Waals surface area contributed by atoms with Crippen LogP contribution in [-0.2, 0) is 15.8 Å². The van der Waals surface area contributed by atoms with Gasteiger partial charge >= 0.3 is 6.18 Å². The number of aryl methyl sites for hydroxylation is 1. The summed E-state index contributed by atoms with van der Waals surface area (Å²) >= 11 is 5.92. The Morgan fingerprint density at radius 3 is 2.26 bits per heavy atom. The minimum Gasteiger partial charge on any atom is -0.326 e. The highest BCUT2D eigenvalue weighted by molar-refractivity contribution is 6.30. The fourth-order valence-corrected chi connectivity index (χ4v) is 2.78. The van der Waals surface area contributed by atoms with Crippen molar-refractivity contribution in [1.82, 2.24) is 0 Å². The first kappa shape index (κ1) is 20.8. The second-order valence-corrected chi connectivity index (χ2v) is 6.41. The van der Waals surface area contributed by atoms with Crippen molar-refractivity contribution in [2.75, 3.05) is 16.8 Å². The highest BCUT2D eigenvalue weighted by atomic mass is 35.5. The molecule has 0 aliphatic rings. The summed E-state index contributed by atoms with van der Waals surface area (Å²) in [6, 6.07) is 9.24. The highest BCUT2D eigenvalue weighted by Gasteiger charge is 2.30. The maximum absolute atomic E-state index is 12.6. The fourth-order valence-electron chi connectivity index (χ4n) is 2.55. The van der Waals surface area contributed by atoms with Crippen LogP contribution in [0.4, 0.5) is 24.5 Å². The van der Waals surface area contributed by atoms with Gasteiger partial charge < -0.3 is 10.2 Å². The predicted octanol–water partition coefficient (Wildman–Crippen LogP) is 5.05. The summed E-state index contributed by atoms with van der Waals surface area (Å²) in [4.78, 5) is 25.5. The molecule has 1 N–H and O–H groups in total. The van der Waals surface area contributed by atoms with E-state index < -0.39 is 17.6 Å². The van der Waals surface area contributed by atoms with E-state index >= 15 is 0 Å². The molecule has 0 unspecified atom stereocenters. The van der Waals surface area contributed by atoms with Crippen LogP contribution in [0, 0.1) is 6.92 Å². The van der Waals surface area contributed by atoms with E-state index in [0.29, 0.717) is 10.7 Å². The monoisotopic (exact) mass is 398 g/mol. The van der Waals surface area contributed by atoms with Gasteiger partial charge in [-0.15, -0.1) is 0 Å². The van der Waals surface area contributed by atoms with Crippen molar-refractivity contribution in [3.8, 4) is 0 Å². The molecule has 0 aliphatic heterocycles. The number of anilines is 2.